The lowest BCUT2D eigenvalue weighted by Gasteiger charge is -2.47. The zero-order valence-corrected chi connectivity index (χ0v) is 22.7. The van der Waals surface area contributed by atoms with Crippen molar-refractivity contribution in [1.82, 2.24) is 24.8 Å². The van der Waals surface area contributed by atoms with E-state index in [4.69, 9.17) is 4.74 Å². The number of likely N-dealkylation sites (tertiary alicyclic amines) is 1. The number of aromatic nitrogens is 3. The van der Waals surface area contributed by atoms with Crippen molar-refractivity contribution in [2.24, 2.45) is 0 Å². The minimum atomic E-state index is -0.567. The number of fused-ring (bicyclic) bond motifs is 2. The Balaban J connectivity index is 1.43. The SMILES string of the molecule is CN1CCC[C@H]1COc1nc(NCC2(N(C)C)CCC2)c2cnc(-c3cc(O)cc4ccccc34)c(F)c2n1. The summed E-state index contributed by atoms with van der Waals surface area (Å²) >= 11 is 0. The molecular weight excluding hydrogens is 495 g/mol. The minimum Gasteiger partial charge on any atom is -0.508 e. The van der Waals surface area contributed by atoms with Crippen LogP contribution in [0.2, 0.25) is 0 Å². The number of pyridine rings is 1. The molecule has 0 amide bonds. The van der Waals surface area contributed by atoms with Crippen LogP contribution in [-0.4, -0.2) is 82.3 Å². The van der Waals surface area contributed by atoms with Crippen LogP contribution >= 0.6 is 0 Å². The van der Waals surface area contributed by atoms with Gasteiger partial charge in [0.15, 0.2) is 5.82 Å². The molecule has 1 aliphatic heterocycles. The Morgan fingerprint density at radius 2 is 1.97 bits per heavy atom. The van der Waals surface area contributed by atoms with Crippen LogP contribution in [0.15, 0.2) is 42.6 Å². The van der Waals surface area contributed by atoms with Gasteiger partial charge >= 0.3 is 6.01 Å². The molecule has 1 atom stereocenters. The summed E-state index contributed by atoms with van der Waals surface area (Å²) in [7, 11) is 6.28. The summed E-state index contributed by atoms with van der Waals surface area (Å²) in [6.07, 6.45) is 7.17. The fraction of sp³-hybridized carbons (Fsp3) is 0.433. The van der Waals surface area contributed by atoms with E-state index in [0.717, 1.165) is 43.0 Å². The Labute approximate surface area is 227 Å². The average molecular weight is 531 g/mol. The van der Waals surface area contributed by atoms with Gasteiger partial charge < -0.3 is 25.0 Å². The fourth-order valence-electron chi connectivity index (χ4n) is 5.89. The smallest absolute Gasteiger partial charge is 0.319 e. The molecule has 1 aliphatic carbocycles. The molecular formula is C30H35FN6O2. The molecule has 0 unspecified atom stereocenters. The first-order chi connectivity index (χ1) is 18.8. The van der Waals surface area contributed by atoms with Gasteiger partial charge in [-0.05, 0) is 82.7 Å². The van der Waals surface area contributed by atoms with Gasteiger partial charge in [-0.3, -0.25) is 4.98 Å². The van der Waals surface area contributed by atoms with Crippen molar-refractivity contribution in [1.29, 1.82) is 0 Å². The summed E-state index contributed by atoms with van der Waals surface area (Å²) in [6.45, 7) is 2.16. The normalized spacial score (nSPS) is 19.1. The molecule has 39 heavy (non-hydrogen) atoms. The van der Waals surface area contributed by atoms with Crippen LogP contribution in [0.1, 0.15) is 32.1 Å². The number of rotatable bonds is 8. The Kier molecular flexibility index (Phi) is 6.72. The minimum absolute atomic E-state index is 0.0389. The topological polar surface area (TPSA) is 86.6 Å². The third-order valence-corrected chi connectivity index (χ3v) is 8.66. The third kappa shape index (κ3) is 4.74. The van der Waals surface area contributed by atoms with Gasteiger partial charge in [0.05, 0.1) is 5.39 Å². The number of aromatic hydroxyl groups is 1. The summed E-state index contributed by atoms with van der Waals surface area (Å²) in [5.74, 6) is -0.00153. The van der Waals surface area contributed by atoms with Gasteiger partial charge in [-0.15, -0.1) is 0 Å². The molecule has 1 saturated heterocycles. The Bertz CT molecular complexity index is 1520. The highest BCUT2D eigenvalue weighted by Gasteiger charge is 2.39. The molecule has 0 radical (unpaired) electrons. The maximum Gasteiger partial charge on any atom is 0.319 e. The fourth-order valence-corrected chi connectivity index (χ4v) is 5.89. The highest BCUT2D eigenvalue weighted by molar-refractivity contribution is 5.99. The van der Waals surface area contributed by atoms with Gasteiger partial charge in [-0.2, -0.15) is 9.97 Å². The van der Waals surface area contributed by atoms with E-state index in [1.54, 1.807) is 18.3 Å². The van der Waals surface area contributed by atoms with Crippen LogP contribution in [0.4, 0.5) is 10.2 Å². The Morgan fingerprint density at radius 3 is 2.69 bits per heavy atom. The Morgan fingerprint density at radius 1 is 1.15 bits per heavy atom. The van der Waals surface area contributed by atoms with Crippen LogP contribution in [0, 0.1) is 5.82 Å². The highest BCUT2D eigenvalue weighted by atomic mass is 19.1. The van der Waals surface area contributed by atoms with Gasteiger partial charge in [0.1, 0.15) is 29.4 Å². The number of ether oxygens (including phenoxy) is 1. The van der Waals surface area contributed by atoms with E-state index in [-0.39, 0.29) is 34.6 Å². The van der Waals surface area contributed by atoms with Crippen LogP contribution < -0.4 is 10.1 Å². The number of benzene rings is 2. The van der Waals surface area contributed by atoms with Crippen molar-refractivity contribution < 1.29 is 14.2 Å². The molecule has 204 valence electrons. The van der Waals surface area contributed by atoms with E-state index in [9.17, 15) is 5.11 Å². The largest absolute Gasteiger partial charge is 0.508 e. The van der Waals surface area contributed by atoms with E-state index in [2.05, 4.69) is 51.2 Å². The third-order valence-electron chi connectivity index (χ3n) is 8.66. The molecule has 3 heterocycles. The van der Waals surface area contributed by atoms with E-state index in [1.165, 1.54) is 6.42 Å². The zero-order valence-electron chi connectivity index (χ0n) is 22.7. The van der Waals surface area contributed by atoms with Crippen molar-refractivity contribution in [2.75, 3.05) is 46.2 Å². The number of anilines is 1. The number of halogens is 1. The van der Waals surface area contributed by atoms with Crippen molar-refractivity contribution in [3.05, 3.63) is 48.4 Å². The van der Waals surface area contributed by atoms with E-state index < -0.39 is 5.82 Å². The van der Waals surface area contributed by atoms with Crippen LogP contribution in [0.3, 0.4) is 0 Å². The molecule has 2 aromatic heterocycles. The molecule has 6 rings (SSSR count). The lowest BCUT2D eigenvalue weighted by molar-refractivity contribution is 0.0738. The van der Waals surface area contributed by atoms with E-state index in [1.807, 2.05) is 24.3 Å². The predicted molar refractivity (Wildman–Crippen MR) is 152 cm³/mol. The van der Waals surface area contributed by atoms with Gasteiger partial charge in [-0.25, -0.2) is 4.39 Å². The molecule has 0 bridgehead atoms. The zero-order chi connectivity index (χ0) is 27.1. The second-order valence-corrected chi connectivity index (χ2v) is 11.2. The monoisotopic (exact) mass is 530 g/mol. The van der Waals surface area contributed by atoms with Crippen LogP contribution in [0.5, 0.6) is 11.8 Å². The van der Waals surface area contributed by atoms with E-state index in [0.29, 0.717) is 29.9 Å². The highest BCUT2D eigenvalue weighted by Crippen LogP contribution is 2.38. The van der Waals surface area contributed by atoms with Crippen molar-refractivity contribution in [3.8, 4) is 23.0 Å². The van der Waals surface area contributed by atoms with E-state index >= 15 is 4.39 Å². The summed E-state index contributed by atoms with van der Waals surface area (Å²) in [4.78, 5) is 18.3. The number of hydrogen-bond acceptors (Lipinski definition) is 8. The molecule has 2 aliphatic rings. The number of nitrogens with zero attached hydrogens (tertiary/aromatic N) is 5. The molecule has 2 fully saturated rings. The first kappa shape index (κ1) is 25.7. The summed E-state index contributed by atoms with van der Waals surface area (Å²) in [5, 5.41) is 16.0. The van der Waals surface area contributed by atoms with Crippen molar-refractivity contribution >= 4 is 27.5 Å². The van der Waals surface area contributed by atoms with Gasteiger partial charge in [-0.1, -0.05) is 24.3 Å². The number of phenols is 1. The van der Waals surface area contributed by atoms with Crippen molar-refractivity contribution in [3.63, 3.8) is 0 Å². The van der Waals surface area contributed by atoms with Gasteiger partial charge in [0.2, 0.25) is 0 Å². The lowest BCUT2D eigenvalue weighted by Crippen LogP contribution is -2.54. The Hall–Kier alpha value is -3.56. The number of nitrogens with one attached hydrogen (secondary N) is 1. The van der Waals surface area contributed by atoms with Gasteiger partial charge in [0.25, 0.3) is 0 Å². The standard InChI is InChI=1S/C30H35FN6O2/c1-36(2)30(11-7-12-30)18-33-28-24-16-32-26(23-15-21(38)14-19-8-4-5-10-22(19)23)25(31)27(24)34-29(35-28)39-17-20-9-6-13-37(20)3/h4-5,8,10,14-16,20,38H,6-7,9,11-13,17-18H2,1-3H3,(H,33,34,35)/t20-/m0/s1. The summed E-state index contributed by atoms with van der Waals surface area (Å²) in [6, 6.07) is 11.2. The lowest BCUT2D eigenvalue weighted by atomic mass is 9.75. The maximum absolute atomic E-state index is 16.3. The maximum atomic E-state index is 16.3. The molecule has 2 aromatic carbocycles. The molecule has 0 spiro atoms. The van der Waals surface area contributed by atoms with Crippen LogP contribution in [0.25, 0.3) is 32.9 Å². The second kappa shape index (κ2) is 10.2. The quantitative estimate of drug-likeness (QED) is 0.327. The number of hydrogen-bond donors (Lipinski definition) is 2. The average Bonchev–Trinajstić information content (AvgIpc) is 3.31. The van der Waals surface area contributed by atoms with Crippen molar-refractivity contribution in [2.45, 2.75) is 43.7 Å². The predicted octanol–water partition coefficient (Wildman–Crippen LogP) is 5.06. The summed E-state index contributed by atoms with van der Waals surface area (Å²) < 4.78 is 22.4. The molecule has 9 heteroatoms. The first-order valence-corrected chi connectivity index (χ1v) is 13.7. The van der Waals surface area contributed by atoms with Gasteiger partial charge in [0, 0.05) is 29.9 Å². The number of phenolic OH excluding ortho intramolecular Hbond substituents is 1. The molecule has 1 saturated carbocycles. The molecule has 2 N–H and O–H groups in total. The number of likely N-dealkylation sites (N-methyl/N-ethyl adjacent to an activating group) is 2. The van der Waals surface area contributed by atoms with Crippen LogP contribution in [-0.2, 0) is 0 Å². The molecule has 4 aromatic rings. The summed E-state index contributed by atoms with van der Waals surface area (Å²) in [5.41, 5.74) is 0.822. The first-order valence-electron chi connectivity index (χ1n) is 13.7. The second-order valence-electron chi connectivity index (χ2n) is 11.2. The molecule has 8 nitrogen and oxygen atoms in total.